The minimum atomic E-state index is -0.579. The number of alkyl carbamates (subject to hydrolysis) is 1. The third-order valence-electron chi connectivity index (χ3n) is 6.09. The van der Waals surface area contributed by atoms with Crippen LogP contribution < -0.4 is 5.32 Å². The first kappa shape index (κ1) is 22.1. The van der Waals surface area contributed by atoms with E-state index < -0.39 is 11.7 Å². The second-order valence-electron chi connectivity index (χ2n) is 9.53. The van der Waals surface area contributed by atoms with Crippen LogP contribution in [0.5, 0.6) is 0 Å². The van der Waals surface area contributed by atoms with E-state index in [0.29, 0.717) is 13.1 Å². The average Bonchev–Trinajstić information content (AvgIpc) is 2.93. The number of carbonyl (C=O) groups excluding carboxylic acids is 2. The van der Waals surface area contributed by atoms with Crippen molar-refractivity contribution in [3.8, 4) is 0 Å². The predicted molar refractivity (Wildman–Crippen MR) is 126 cm³/mol. The molecular weight excluding hydrogens is 400 g/mol. The molecule has 1 aliphatic heterocycles. The van der Waals surface area contributed by atoms with Gasteiger partial charge in [-0.25, -0.2) is 4.79 Å². The summed E-state index contributed by atoms with van der Waals surface area (Å²) in [6.07, 6.45) is 3.22. The largest absolute Gasteiger partial charge is 0.444 e. The van der Waals surface area contributed by atoms with Crippen molar-refractivity contribution in [2.45, 2.75) is 52.1 Å². The van der Waals surface area contributed by atoms with Crippen LogP contribution in [-0.2, 0) is 22.4 Å². The van der Waals surface area contributed by atoms with E-state index in [1.807, 2.05) is 4.90 Å². The molecule has 1 heterocycles. The topological polar surface area (TPSA) is 58.6 Å². The van der Waals surface area contributed by atoms with E-state index in [-0.39, 0.29) is 12.5 Å². The van der Waals surface area contributed by atoms with Gasteiger partial charge in [0.05, 0.1) is 0 Å². The standard InChI is InChI=1S/C27H32N2O3/c1-27(2,3)32-26(31)28-18-24(30)29-16-14-21(15-17-29)25-22-10-6-4-8-19(22)12-13-20-9-5-7-11-23(20)25/h4-11H,12-18H2,1-3H3,(H,28,31). The molecule has 1 N–H and O–H groups in total. The Morgan fingerprint density at radius 2 is 1.41 bits per heavy atom. The third kappa shape index (κ3) is 5.04. The van der Waals surface area contributed by atoms with Crippen LogP contribution in [0.25, 0.3) is 5.57 Å². The first-order valence-electron chi connectivity index (χ1n) is 11.4. The van der Waals surface area contributed by atoms with Crippen LogP contribution in [0, 0.1) is 0 Å². The molecule has 168 valence electrons. The molecule has 0 saturated carbocycles. The number of hydrogen-bond donors (Lipinski definition) is 1. The molecule has 2 amide bonds. The summed E-state index contributed by atoms with van der Waals surface area (Å²) in [7, 11) is 0. The molecule has 5 nitrogen and oxygen atoms in total. The van der Waals surface area contributed by atoms with Crippen molar-refractivity contribution >= 4 is 17.6 Å². The molecule has 2 aromatic carbocycles. The summed E-state index contributed by atoms with van der Waals surface area (Å²) in [6.45, 7) is 6.70. The number of carbonyl (C=O) groups is 2. The van der Waals surface area contributed by atoms with E-state index in [4.69, 9.17) is 4.74 Å². The van der Waals surface area contributed by atoms with Crippen molar-refractivity contribution in [3.05, 3.63) is 76.4 Å². The molecule has 0 aromatic heterocycles. The number of piperidine rings is 1. The maximum atomic E-state index is 12.6. The van der Waals surface area contributed by atoms with Crippen molar-refractivity contribution in [1.82, 2.24) is 10.2 Å². The fourth-order valence-electron chi connectivity index (χ4n) is 4.61. The van der Waals surface area contributed by atoms with Gasteiger partial charge in [0, 0.05) is 13.1 Å². The second-order valence-corrected chi connectivity index (χ2v) is 9.53. The molecule has 2 aromatic rings. The molecular formula is C27H32N2O3. The highest BCUT2D eigenvalue weighted by Gasteiger charge is 2.26. The van der Waals surface area contributed by atoms with Crippen molar-refractivity contribution in [3.63, 3.8) is 0 Å². The Morgan fingerprint density at radius 3 is 1.94 bits per heavy atom. The number of nitrogens with one attached hydrogen (secondary N) is 1. The maximum absolute atomic E-state index is 12.6. The highest BCUT2D eigenvalue weighted by atomic mass is 16.6. The Bertz CT molecular complexity index is 989. The van der Waals surface area contributed by atoms with Crippen LogP contribution in [0.15, 0.2) is 54.1 Å². The van der Waals surface area contributed by atoms with Gasteiger partial charge < -0.3 is 15.0 Å². The summed E-state index contributed by atoms with van der Waals surface area (Å²) < 4.78 is 5.22. The second kappa shape index (κ2) is 9.19. The highest BCUT2D eigenvalue weighted by Crippen LogP contribution is 2.38. The molecule has 1 fully saturated rings. The van der Waals surface area contributed by atoms with Crippen LogP contribution in [0.1, 0.15) is 55.9 Å². The van der Waals surface area contributed by atoms with Crippen LogP contribution in [0.4, 0.5) is 4.79 Å². The summed E-state index contributed by atoms with van der Waals surface area (Å²) in [4.78, 5) is 26.3. The Hall–Kier alpha value is -3.08. The van der Waals surface area contributed by atoms with Gasteiger partial charge in [-0.05, 0) is 74.3 Å². The SMILES string of the molecule is CC(C)(C)OC(=O)NCC(=O)N1CCC(=C2c3ccccc3CCc3ccccc32)CC1. The van der Waals surface area contributed by atoms with Crippen LogP contribution >= 0.6 is 0 Å². The number of hydrogen-bond acceptors (Lipinski definition) is 3. The zero-order chi connectivity index (χ0) is 22.7. The van der Waals surface area contributed by atoms with Gasteiger partial charge >= 0.3 is 6.09 Å². The summed E-state index contributed by atoms with van der Waals surface area (Å²) in [6, 6.07) is 17.4. The van der Waals surface area contributed by atoms with Gasteiger partial charge in [-0.1, -0.05) is 54.1 Å². The number of benzene rings is 2. The molecule has 0 spiro atoms. The molecule has 4 rings (SSSR count). The number of fused-ring (bicyclic) bond motifs is 2. The number of aryl methyl sites for hydroxylation is 2. The summed E-state index contributed by atoms with van der Waals surface area (Å²) in [5, 5.41) is 2.58. The number of amides is 2. The van der Waals surface area contributed by atoms with E-state index in [9.17, 15) is 9.59 Å². The van der Waals surface area contributed by atoms with Crippen molar-refractivity contribution in [2.24, 2.45) is 0 Å². The van der Waals surface area contributed by atoms with E-state index in [2.05, 4.69) is 53.8 Å². The van der Waals surface area contributed by atoms with E-state index in [0.717, 1.165) is 25.7 Å². The Balaban J connectivity index is 1.49. The predicted octanol–water partition coefficient (Wildman–Crippen LogP) is 4.73. The lowest BCUT2D eigenvalue weighted by Crippen LogP contribution is -2.44. The maximum Gasteiger partial charge on any atom is 0.408 e. The van der Waals surface area contributed by atoms with E-state index in [1.165, 1.54) is 33.4 Å². The molecule has 0 radical (unpaired) electrons. The molecule has 0 atom stereocenters. The summed E-state index contributed by atoms with van der Waals surface area (Å²) in [5.74, 6) is -0.0680. The molecule has 1 aliphatic carbocycles. The van der Waals surface area contributed by atoms with Crippen molar-refractivity contribution < 1.29 is 14.3 Å². The van der Waals surface area contributed by atoms with Crippen molar-refractivity contribution in [2.75, 3.05) is 19.6 Å². The van der Waals surface area contributed by atoms with E-state index in [1.54, 1.807) is 20.8 Å². The smallest absolute Gasteiger partial charge is 0.408 e. The Labute approximate surface area is 190 Å². The molecule has 32 heavy (non-hydrogen) atoms. The first-order chi connectivity index (χ1) is 15.3. The van der Waals surface area contributed by atoms with E-state index >= 15 is 0 Å². The normalized spacial score (nSPS) is 16.0. The van der Waals surface area contributed by atoms with Crippen LogP contribution in [0.3, 0.4) is 0 Å². The molecule has 0 bridgehead atoms. The molecule has 5 heteroatoms. The highest BCUT2D eigenvalue weighted by molar-refractivity contribution is 5.87. The zero-order valence-corrected chi connectivity index (χ0v) is 19.2. The molecule has 2 aliphatic rings. The minimum Gasteiger partial charge on any atom is -0.444 e. The fraction of sp³-hybridized carbons (Fsp3) is 0.407. The lowest BCUT2D eigenvalue weighted by atomic mass is 9.86. The van der Waals surface area contributed by atoms with Crippen LogP contribution in [0.2, 0.25) is 0 Å². The number of ether oxygens (including phenoxy) is 1. The fourth-order valence-corrected chi connectivity index (χ4v) is 4.61. The van der Waals surface area contributed by atoms with Gasteiger partial charge in [0.2, 0.25) is 5.91 Å². The quantitative estimate of drug-likeness (QED) is 0.746. The average molecular weight is 433 g/mol. The van der Waals surface area contributed by atoms with Gasteiger partial charge in [0.15, 0.2) is 0 Å². The third-order valence-corrected chi connectivity index (χ3v) is 6.09. The lowest BCUT2D eigenvalue weighted by molar-refractivity contribution is -0.130. The number of likely N-dealkylation sites (tertiary alicyclic amines) is 1. The monoisotopic (exact) mass is 432 g/mol. The van der Waals surface area contributed by atoms with Gasteiger partial charge in [0.1, 0.15) is 12.1 Å². The number of rotatable bonds is 2. The van der Waals surface area contributed by atoms with Crippen LogP contribution in [-0.4, -0.2) is 42.1 Å². The van der Waals surface area contributed by atoms with Crippen molar-refractivity contribution in [1.29, 1.82) is 0 Å². The first-order valence-corrected chi connectivity index (χ1v) is 11.4. The number of nitrogens with zero attached hydrogens (tertiary/aromatic N) is 1. The van der Waals surface area contributed by atoms with Gasteiger partial charge in [-0.3, -0.25) is 4.79 Å². The minimum absolute atomic E-state index is 0.0352. The molecule has 0 unspecified atom stereocenters. The molecule has 1 saturated heterocycles. The Morgan fingerprint density at radius 1 is 0.875 bits per heavy atom. The summed E-state index contributed by atoms with van der Waals surface area (Å²) in [5.41, 5.74) is 7.64. The Kier molecular flexibility index (Phi) is 6.35. The lowest BCUT2D eigenvalue weighted by Gasteiger charge is -2.31. The zero-order valence-electron chi connectivity index (χ0n) is 19.2. The van der Waals surface area contributed by atoms with Gasteiger partial charge in [-0.2, -0.15) is 0 Å². The van der Waals surface area contributed by atoms with Gasteiger partial charge in [-0.15, -0.1) is 0 Å². The van der Waals surface area contributed by atoms with Gasteiger partial charge in [0.25, 0.3) is 0 Å². The summed E-state index contributed by atoms with van der Waals surface area (Å²) >= 11 is 0.